The van der Waals surface area contributed by atoms with E-state index in [1.54, 1.807) is 4.90 Å². The molecule has 0 spiro atoms. The Morgan fingerprint density at radius 3 is 2.45 bits per heavy atom. The van der Waals surface area contributed by atoms with Gasteiger partial charge in [0, 0.05) is 17.8 Å². The average Bonchev–Trinajstić information content (AvgIpc) is 2.98. The van der Waals surface area contributed by atoms with Gasteiger partial charge >= 0.3 is 0 Å². The molecular formula is C25H35NO3. The molecule has 0 radical (unpaired) electrons. The van der Waals surface area contributed by atoms with Crippen LogP contribution < -0.4 is 0 Å². The molecule has 0 aromatic heterocycles. The molecule has 2 aliphatic rings. The first-order valence-corrected chi connectivity index (χ1v) is 10.8. The number of ether oxygens (including phenoxy) is 1. The Balaban J connectivity index is 1.76. The van der Waals surface area contributed by atoms with E-state index in [2.05, 4.69) is 27.4 Å². The van der Waals surface area contributed by atoms with Crippen molar-refractivity contribution < 1.29 is 14.3 Å². The van der Waals surface area contributed by atoms with Crippen molar-refractivity contribution in [1.29, 1.82) is 0 Å². The molecule has 0 N–H and O–H groups in total. The standard InChI is InChI=1S/C25H35NO3/c1-7-19(16-29-15-18-11-9-8-10-12-18)21(17(2)3)23(28)26-22(27)20-13-14-25(26,6)24(20,4)5/h7-12,17,19-21H,1,13-16H2,2-6H3/t19-,20+,21-,25+/m0/s1. The Hall–Kier alpha value is -1.94. The Kier molecular flexibility index (Phi) is 6.05. The van der Waals surface area contributed by atoms with Gasteiger partial charge in [-0.2, -0.15) is 0 Å². The summed E-state index contributed by atoms with van der Waals surface area (Å²) in [7, 11) is 0. The monoisotopic (exact) mass is 397 g/mol. The second kappa shape index (κ2) is 8.06. The first-order chi connectivity index (χ1) is 13.6. The van der Waals surface area contributed by atoms with Gasteiger partial charge in [0.05, 0.1) is 18.8 Å². The summed E-state index contributed by atoms with van der Waals surface area (Å²) in [6.07, 6.45) is 3.58. The van der Waals surface area contributed by atoms with Crippen LogP contribution in [0.15, 0.2) is 43.0 Å². The van der Waals surface area contributed by atoms with Crippen LogP contribution in [0.2, 0.25) is 0 Å². The molecule has 1 saturated heterocycles. The van der Waals surface area contributed by atoms with Gasteiger partial charge in [0.15, 0.2) is 0 Å². The summed E-state index contributed by atoms with van der Waals surface area (Å²) in [5.74, 6) is -0.474. The molecule has 4 atom stereocenters. The summed E-state index contributed by atoms with van der Waals surface area (Å²) in [5, 5.41) is 0. The first kappa shape index (κ1) is 21.8. The van der Waals surface area contributed by atoms with Crippen molar-refractivity contribution in [1.82, 2.24) is 4.90 Å². The van der Waals surface area contributed by atoms with E-state index in [1.165, 1.54) is 0 Å². The number of hydrogen-bond donors (Lipinski definition) is 0. The Morgan fingerprint density at radius 2 is 1.93 bits per heavy atom. The summed E-state index contributed by atoms with van der Waals surface area (Å²) in [5.41, 5.74) is 0.508. The maximum Gasteiger partial charge on any atom is 0.233 e. The lowest BCUT2D eigenvalue weighted by atomic mass is 9.74. The van der Waals surface area contributed by atoms with Gasteiger partial charge in [-0.15, -0.1) is 6.58 Å². The number of imide groups is 1. The maximum atomic E-state index is 13.7. The van der Waals surface area contributed by atoms with E-state index in [0.717, 1.165) is 18.4 Å². The fourth-order valence-corrected chi connectivity index (χ4v) is 5.38. The van der Waals surface area contributed by atoms with Gasteiger partial charge in [-0.3, -0.25) is 14.5 Å². The number of hydrogen-bond acceptors (Lipinski definition) is 3. The molecule has 1 aliphatic carbocycles. The summed E-state index contributed by atoms with van der Waals surface area (Å²) in [6.45, 7) is 15.3. The van der Waals surface area contributed by atoms with E-state index in [-0.39, 0.29) is 40.9 Å². The van der Waals surface area contributed by atoms with Gasteiger partial charge in [0.1, 0.15) is 0 Å². The molecule has 2 amide bonds. The topological polar surface area (TPSA) is 46.6 Å². The van der Waals surface area contributed by atoms with E-state index in [0.29, 0.717) is 13.2 Å². The third-order valence-electron chi connectivity index (χ3n) is 7.60. The van der Waals surface area contributed by atoms with E-state index in [9.17, 15) is 9.59 Å². The lowest BCUT2D eigenvalue weighted by Crippen LogP contribution is -2.55. The third kappa shape index (κ3) is 3.56. The molecule has 1 aromatic rings. The fourth-order valence-electron chi connectivity index (χ4n) is 5.38. The van der Waals surface area contributed by atoms with Gasteiger partial charge in [0.2, 0.25) is 11.8 Å². The average molecular weight is 398 g/mol. The van der Waals surface area contributed by atoms with Crippen LogP contribution in [0.25, 0.3) is 0 Å². The molecule has 29 heavy (non-hydrogen) atoms. The van der Waals surface area contributed by atoms with Crippen LogP contribution in [-0.4, -0.2) is 28.9 Å². The lowest BCUT2D eigenvalue weighted by molar-refractivity contribution is -0.156. The predicted octanol–water partition coefficient (Wildman–Crippen LogP) is 4.84. The van der Waals surface area contributed by atoms with Crippen molar-refractivity contribution in [2.75, 3.05) is 6.61 Å². The van der Waals surface area contributed by atoms with Gasteiger partial charge in [-0.1, -0.05) is 64.1 Å². The molecule has 4 heteroatoms. The van der Waals surface area contributed by atoms with E-state index in [1.807, 2.05) is 50.3 Å². The second-order valence-corrected chi connectivity index (χ2v) is 9.77. The number of carbonyl (C=O) groups excluding carboxylic acids is 2. The Morgan fingerprint density at radius 1 is 1.28 bits per heavy atom. The SMILES string of the molecule is C=C[C@@H](COCc1ccccc1)[C@@H](C(=O)N1C(=O)[C@H]2CC[C@]1(C)C2(C)C)C(C)C. The molecule has 1 aromatic carbocycles. The van der Waals surface area contributed by atoms with Gasteiger partial charge in [-0.05, 0) is 36.7 Å². The maximum absolute atomic E-state index is 13.7. The number of amides is 2. The Labute approximate surface area is 175 Å². The quantitative estimate of drug-likeness (QED) is 0.590. The third-order valence-corrected chi connectivity index (χ3v) is 7.60. The van der Waals surface area contributed by atoms with E-state index in [4.69, 9.17) is 4.74 Å². The second-order valence-electron chi connectivity index (χ2n) is 9.77. The summed E-state index contributed by atoms with van der Waals surface area (Å²) >= 11 is 0. The largest absolute Gasteiger partial charge is 0.376 e. The first-order valence-electron chi connectivity index (χ1n) is 10.8. The number of nitrogens with zero attached hydrogens (tertiary/aromatic N) is 1. The van der Waals surface area contributed by atoms with Crippen molar-refractivity contribution in [3.8, 4) is 0 Å². The van der Waals surface area contributed by atoms with E-state index >= 15 is 0 Å². The zero-order valence-corrected chi connectivity index (χ0v) is 18.5. The lowest BCUT2D eigenvalue weighted by Gasteiger charge is -2.42. The van der Waals surface area contributed by atoms with Crippen molar-refractivity contribution >= 4 is 11.8 Å². The highest BCUT2D eigenvalue weighted by Crippen LogP contribution is 2.60. The highest BCUT2D eigenvalue weighted by atomic mass is 16.5. The zero-order chi connectivity index (χ0) is 21.4. The summed E-state index contributed by atoms with van der Waals surface area (Å²) in [4.78, 5) is 28.4. The number of likely N-dealkylation sites (tertiary alicyclic amines) is 1. The highest BCUT2D eigenvalue weighted by molar-refractivity contribution is 6.01. The van der Waals surface area contributed by atoms with Crippen molar-refractivity contribution in [2.45, 2.75) is 59.6 Å². The van der Waals surface area contributed by atoms with Crippen molar-refractivity contribution in [2.24, 2.45) is 29.1 Å². The number of fused-ring (bicyclic) bond motifs is 2. The minimum Gasteiger partial charge on any atom is -0.376 e. The summed E-state index contributed by atoms with van der Waals surface area (Å²) < 4.78 is 5.94. The number of benzene rings is 1. The van der Waals surface area contributed by atoms with Crippen molar-refractivity contribution in [3.63, 3.8) is 0 Å². The number of piperidine rings is 1. The summed E-state index contributed by atoms with van der Waals surface area (Å²) in [6, 6.07) is 10.0. The number of rotatable bonds is 8. The Bertz CT molecular complexity index is 770. The van der Waals surface area contributed by atoms with Crippen LogP contribution >= 0.6 is 0 Å². The van der Waals surface area contributed by atoms with Gasteiger partial charge in [0.25, 0.3) is 0 Å². The molecule has 2 bridgehead atoms. The molecule has 4 nitrogen and oxygen atoms in total. The predicted molar refractivity (Wildman–Crippen MR) is 115 cm³/mol. The molecule has 1 heterocycles. The molecular weight excluding hydrogens is 362 g/mol. The molecule has 2 fully saturated rings. The van der Waals surface area contributed by atoms with Gasteiger partial charge < -0.3 is 4.74 Å². The van der Waals surface area contributed by atoms with Crippen LogP contribution in [0.3, 0.4) is 0 Å². The molecule has 1 saturated carbocycles. The molecule has 1 aliphatic heterocycles. The molecule has 158 valence electrons. The van der Waals surface area contributed by atoms with Crippen LogP contribution in [0.4, 0.5) is 0 Å². The van der Waals surface area contributed by atoms with Crippen LogP contribution in [-0.2, 0) is 20.9 Å². The fraction of sp³-hybridized carbons (Fsp3) is 0.600. The number of carbonyl (C=O) groups is 2. The zero-order valence-electron chi connectivity index (χ0n) is 18.5. The van der Waals surface area contributed by atoms with Crippen LogP contribution in [0.5, 0.6) is 0 Å². The minimum absolute atomic E-state index is 0.00687. The minimum atomic E-state index is -0.407. The molecule has 3 rings (SSSR count). The van der Waals surface area contributed by atoms with Crippen molar-refractivity contribution in [3.05, 3.63) is 48.6 Å². The highest BCUT2D eigenvalue weighted by Gasteiger charge is 2.67. The van der Waals surface area contributed by atoms with Crippen LogP contribution in [0.1, 0.15) is 53.0 Å². The van der Waals surface area contributed by atoms with Gasteiger partial charge in [-0.25, -0.2) is 0 Å². The van der Waals surface area contributed by atoms with E-state index < -0.39 is 5.54 Å². The normalized spacial score (nSPS) is 27.3. The molecule has 0 unspecified atom stereocenters. The van der Waals surface area contributed by atoms with Crippen LogP contribution in [0, 0.1) is 29.1 Å². The smallest absolute Gasteiger partial charge is 0.233 e.